The number of alkyl halides is 3. The van der Waals surface area contributed by atoms with E-state index >= 15 is 0 Å². The summed E-state index contributed by atoms with van der Waals surface area (Å²) in [5.74, 6) is 0.346. The molecule has 4 aromatic rings. The van der Waals surface area contributed by atoms with Crippen LogP contribution in [-0.2, 0) is 0 Å². The van der Waals surface area contributed by atoms with Crippen LogP contribution in [0, 0.1) is 0 Å². The van der Waals surface area contributed by atoms with Gasteiger partial charge >= 0.3 is 6.36 Å². The van der Waals surface area contributed by atoms with Crippen LogP contribution in [0.1, 0.15) is 43.6 Å². The first-order valence-corrected chi connectivity index (χ1v) is 11.4. The van der Waals surface area contributed by atoms with Gasteiger partial charge in [-0.15, -0.1) is 24.5 Å². The van der Waals surface area contributed by atoms with Crippen molar-refractivity contribution in [3.8, 4) is 5.75 Å². The Morgan fingerprint density at radius 1 is 0.774 bits per heavy atom. The van der Waals surface area contributed by atoms with E-state index in [0.717, 1.165) is 15.8 Å². The summed E-state index contributed by atoms with van der Waals surface area (Å²) in [4.78, 5) is 0. The van der Waals surface area contributed by atoms with Crippen molar-refractivity contribution in [2.45, 2.75) is 44.4 Å². The quantitative estimate of drug-likeness (QED) is 0.342. The molecule has 1 N–H and O–H groups in total. The van der Waals surface area contributed by atoms with E-state index in [0.29, 0.717) is 5.92 Å². The molecule has 1 heterocycles. The summed E-state index contributed by atoms with van der Waals surface area (Å²) in [6, 6.07) is 18.6. The van der Waals surface area contributed by atoms with Crippen LogP contribution in [0.3, 0.4) is 0 Å². The fourth-order valence-electron chi connectivity index (χ4n) is 4.60. The van der Waals surface area contributed by atoms with Gasteiger partial charge in [0.1, 0.15) is 0 Å². The smallest absolute Gasteiger partial charge is 0.404 e. The lowest BCUT2D eigenvalue weighted by molar-refractivity contribution is -0.274. The van der Waals surface area contributed by atoms with Crippen molar-refractivity contribution in [3.05, 3.63) is 66.2 Å². The molecule has 5 rings (SSSR count). The zero-order valence-corrected chi connectivity index (χ0v) is 17.7. The standard InChI is InChI=1S/C25H22F3NOS/c26-25(27,28)30-22-15-5-4-13-20(22)29-21-14-7-12-19-18-11-6-10-17(23(18)31-24(19)21)16-8-2-1-3-9-16/h4-7,10-16,29H,1-3,8-9H2. The van der Waals surface area contributed by atoms with Crippen molar-refractivity contribution in [1.29, 1.82) is 0 Å². The largest absolute Gasteiger partial charge is 0.573 e. The van der Waals surface area contributed by atoms with Crippen molar-refractivity contribution in [3.63, 3.8) is 0 Å². The van der Waals surface area contributed by atoms with Gasteiger partial charge in [-0.3, -0.25) is 0 Å². The van der Waals surface area contributed by atoms with Crippen molar-refractivity contribution in [1.82, 2.24) is 0 Å². The summed E-state index contributed by atoms with van der Waals surface area (Å²) in [5.41, 5.74) is 2.48. The fraction of sp³-hybridized carbons (Fsp3) is 0.280. The molecule has 0 radical (unpaired) electrons. The summed E-state index contributed by atoms with van der Waals surface area (Å²) < 4.78 is 45.0. The second-order valence-electron chi connectivity index (χ2n) is 8.01. The molecule has 1 aromatic heterocycles. The van der Waals surface area contributed by atoms with Gasteiger partial charge in [-0.25, -0.2) is 0 Å². The molecule has 0 saturated heterocycles. The number of benzene rings is 3. The molecule has 160 valence electrons. The van der Waals surface area contributed by atoms with Gasteiger partial charge in [0.2, 0.25) is 0 Å². The third-order valence-electron chi connectivity index (χ3n) is 5.98. The zero-order chi connectivity index (χ0) is 21.4. The van der Waals surface area contributed by atoms with Gasteiger partial charge in [-0.1, -0.05) is 61.7 Å². The minimum atomic E-state index is -4.74. The average molecular weight is 442 g/mol. The maximum absolute atomic E-state index is 12.8. The first-order valence-electron chi connectivity index (χ1n) is 10.6. The molecule has 1 saturated carbocycles. The number of thiophene rings is 1. The van der Waals surface area contributed by atoms with E-state index in [2.05, 4.69) is 34.3 Å². The number of anilines is 2. The molecule has 0 bridgehead atoms. The Balaban J connectivity index is 1.58. The molecule has 0 aliphatic heterocycles. The fourth-order valence-corrected chi connectivity index (χ4v) is 5.97. The van der Waals surface area contributed by atoms with Crippen molar-refractivity contribution in [2.24, 2.45) is 0 Å². The van der Waals surface area contributed by atoms with E-state index in [1.807, 2.05) is 12.1 Å². The number of ether oxygens (including phenoxy) is 1. The summed E-state index contributed by atoms with van der Waals surface area (Å²) in [5, 5.41) is 5.52. The molecule has 1 fully saturated rings. The van der Waals surface area contributed by atoms with Crippen LogP contribution in [0.2, 0.25) is 0 Å². The van der Waals surface area contributed by atoms with E-state index in [4.69, 9.17) is 0 Å². The van der Waals surface area contributed by atoms with E-state index in [-0.39, 0.29) is 11.4 Å². The Kier molecular flexibility index (Phi) is 5.26. The highest BCUT2D eigenvalue weighted by Crippen LogP contribution is 2.45. The molecular formula is C25H22F3NOS. The molecule has 2 nitrogen and oxygen atoms in total. The Bertz CT molecular complexity index is 1220. The van der Waals surface area contributed by atoms with Gasteiger partial charge in [-0.2, -0.15) is 0 Å². The number of para-hydroxylation sites is 2. The first kappa shape index (κ1) is 20.2. The first-order chi connectivity index (χ1) is 15.0. The second kappa shape index (κ2) is 8.08. The lowest BCUT2D eigenvalue weighted by Gasteiger charge is -2.22. The lowest BCUT2D eigenvalue weighted by atomic mass is 9.84. The molecule has 0 atom stereocenters. The van der Waals surface area contributed by atoms with Crippen molar-refractivity contribution < 1.29 is 17.9 Å². The van der Waals surface area contributed by atoms with Crippen LogP contribution in [-0.4, -0.2) is 6.36 Å². The third-order valence-corrected chi connectivity index (χ3v) is 7.29. The Labute approximate surface area is 182 Å². The molecule has 0 spiro atoms. The number of fused-ring (bicyclic) bond motifs is 3. The zero-order valence-electron chi connectivity index (χ0n) is 16.8. The van der Waals surface area contributed by atoms with Crippen LogP contribution in [0.15, 0.2) is 60.7 Å². The number of rotatable bonds is 4. The lowest BCUT2D eigenvalue weighted by Crippen LogP contribution is -2.17. The van der Waals surface area contributed by atoms with Gasteiger partial charge in [-0.05, 0) is 42.5 Å². The Hall–Kier alpha value is -2.73. The topological polar surface area (TPSA) is 21.3 Å². The molecule has 3 aromatic carbocycles. The normalized spacial score (nSPS) is 15.5. The highest BCUT2D eigenvalue weighted by Gasteiger charge is 2.32. The highest BCUT2D eigenvalue weighted by atomic mass is 32.1. The predicted molar refractivity (Wildman–Crippen MR) is 122 cm³/mol. The minimum Gasteiger partial charge on any atom is -0.404 e. The predicted octanol–water partition coefficient (Wildman–Crippen LogP) is 8.74. The van der Waals surface area contributed by atoms with Gasteiger partial charge in [0.15, 0.2) is 5.75 Å². The van der Waals surface area contributed by atoms with E-state index in [1.165, 1.54) is 59.9 Å². The monoisotopic (exact) mass is 441 g/mol. The van der Waals surface area contributed by atoms with Crippen molar-refractivity contribution >= 4 is 42.9 Å². The maximum atomic E-state index is 12.8. The van der Waals surface area contributed by atoms with E-state index in [9.17, 15) is 13.2 Å². The molecule has 0 amide bonds. The van der Waals surface area contributed by atoms with Gasteiger partial charge in [0, 0.05) is 15.5 Å². The molecular weight excluding hydrogens is 419 g/mol. The average Bonchev–Trinajstić information content (AvgIpc) is 3.15. The summed E-state index contributed by atoms with van der Waals surface area (Å²) in [6.07, 6.45) is 1.56. The number of hydrogen-bond acceptors (Lipinski definition) is 3. The van der Waals surface area contributed by atoms with Gasteiger partial charge < -0.3 is 10.1 Å². The third kappa shape index (κ3) is 4.09. The Morgan fingerprint density at radius 2 is 1.45 bits per heavy atom. The SMILES string of the molecule is FC(F)(F)Oc1ccccc1Nc1cccc2c1sc1c(C3CCCCC3)cccc12. The van der Waals surface area contributed by atoms with Crippen molar-refractivity contribution in [2.75, 3.05) is 5.32 Å². The summed E-state index contributed by atoms with van der Waals surface area (Å²) in [6.45, 7) is 0. The number of halogens is 3. The molecule has 31 heavy (non-hydrogen) atoms. The number of hydrogen-bond donors (Lipinski definition) is 1. The van der Waals surface area contributed by atoms with Crippen LogP contribution < -0.4 is 10.1 Å². The van der Waals surface area contributed by atoms with Gasteiger partial charge in [0.25, 0.3) is 0 Å². The minimum absolute atomic E-state index is 0.240. The Morgan fingerprint density at radius 3 is 2.23 bits per heavy atom. The van der Waals surface area contributed by atoms with Gasteiger partial charge in [0.05, 0.1) is 16.1 Å². The van der Waals surface area contributed by atoms with Crippen LogP contribution in [0.4, 0.5) is 24.5 Å². The van der Waals surface area contributed by atoms with Crippen LogP contribution in [0.25, 0.3) is 20.2 Å². The van der Waals surface area contributed by atoms with E-state index in [1.54, 1.807) is 23.5 Å². The highest BCUT2D eigenvalue weighted by molar-refractivity contribution is 7.26. The van der Waals surface area contributed by atoms with E-state index < -0.39 is 6.36 Å². The summed E-state index contributed by atoms with van der Waals surface area (Å²) in [7, 11) is 0. The maximum Gasteiger partial charge on any atom is 0.573 e. The molecule has 6 heteroatoms. The van der Waals surface area contributed by atoms with Crippen LogP contribution >= 0.6 is 11.3 Å². The van der Waals surface area contributed by atoms with Crippen LogP contribution in [0.5, 0.6) is 5.75 Å². The number of nitrogens with one attached hydrogen (secondary N) is 1. The second-order valence-corrected chi connectivity index (χ2v) is 9.03. The molecule has 1 aliphatic carbocycles. The summed E-state index contributed by atoms with van der Waals surface area (Å²) >= 11 is 1.72. The molecule has 0 unspecified atom stereocenters. The molecule has 1 aliphatic rings.